The summed E-state index contributed by atoms with van der Waals surface area (Å²) in [5.74, 6) is -0.788. The third kappa shape index (κ3) is 7.93. The Balaban J connectivity index is 2.56. The third-order valence-electron chi connectivity index (χ3n) is 4.31. The zero-order valence-corrected chi connectivity index (χ0v) is 15.9. The highest BCUT2D eigenvalue weighted by Crippen LogP contribution is 2.17. The Morgan fingerprint density at radius 2 is 1.85 bits per heavy atom. The second-order valence-electron chi connectivity index (χ2n) is 6.82. The average Bonchev–Trinajstić information content (AvgIpc) is 2.64. The number of aliphatic hydroxyl groups excluding tert-OH is 2. The van der Waals surface area contributed by atoms with Gasteiger partial charge in [0.15, 0.2) is 18.0 Å². The largest absolute Gasteiger partial charge is 0.452 e. The summed E-state index contributed by atoms with van der Waals surface area (Å²) < 4.78 is 5.22. The van der Waals surface area contributed by atoms with Crippen molar-refractivity contribution in [2.45, 2.75) is 58.7 Å². The van der Waals surface area contributed by atoms with E-state index in [0.717, 1.165) is 24.8 Å². The molecule has 0 aliphatic rings. The topological polar surface area (TPSA) is 83.8 Å². The number of carbonyl (C=O) groups is 2. The average molecular weight is 362 g/mol. The Morgan fingerprint density at radius 1 is 1.19 bits per heavy atom. The van der Waals surface area contributed by atoms with Gasteiger partial charge in [0.05, 0.1) is 0 Å². The second kappa shape index (κ2) is 11.6. The molecular formula is C21H30O5. The molecule has 144 valence electrons. The molecule has 0 bridgehead atoms. The quantitative estimate of drug-likeness (QED) is 0.466. The van der Waals surface area contributed by atoms with Gasteiger partial charge in [-0.15, -0.1) is 0 Å². The summed E-state index contributed by atoms with van der Waals surface area (Å²) >= 11 is 0. The highest BCUT2D eigenvalue weighted by atomic mass is 16.6. The fourth-order valence-electron chi connectivity index (χ4n) is 2.50. The molecule has 0 saturated carbocycles. The van der Waals surface area contributed by atoms with E-state index in [4.69, 9.17) is 9.84 Å². The van der Waals surface area contributed by atoms with Crippen molar-refractivity contribution in [3.8, 4) is 0 Å². The summed E-state index contributed by atoms with van der Waals surface area (Å²) in [5.41, 5.74) is 1.55. The number of benzene rings is 1. The molecule has 0 aliphatic heterocycles. The van der Waals surface area contributed by atoms with Crippen LogP contribution in [0.3, 0.4) is 0 Å². The van der Waals surface area contributed by atoms with Crippen molar-refractivity contribution < 1.29 is 24.5 Å². The Labute approximate surface area is 155 Å². The molecule has 2 N–H and O–H groups in total. The van der Waals surface area contributed by atoms with Crippen molar-refractivity contribution >= 4 is 11.8 Å². The zero-order chi connectivity index (χ0) is 19.5. The summed E-state index contributed by atoms with van der Waals surface area (Å²) in [5, 5.41) is 19.1. The van der Waals surface area contributed by atoms with Gasteiger partial charge in [0.2, 0.25) is 0 Å². The molecule has 26 heavy (non-hydrogen) atoms. The molecule has 0 aromatic heterocycles. The van der Waals surface area contributed by atoms with Gasteiger partial charge in [-0.2, -0.15) is 0 Å². The fraction of sp³-hybridized carbons (Fsp3) is 0.524. The standard InChI is InChI=1S/C21H30O5/c1-15(8-7-9-16(2)14-22)12-13-19(17(3)23)26-21(25)20(24)18-10-5-4-6-11-18/h4-6,10-12,16,19-20,22,24H,7-9,13-14H2,1-3H3/b15-12-/t16-,19-,20+/m0/s1. The maximum Gasteiger partial charge on any atom is 0.340 e. The van der Waals surface area contributed by atoms with Crippen LogP contribution >= 0.6 is 0 Å². The van der Waals surface area contributed by atoms with Crippen molar-refractivity contribution in [3.63, 3.8) is 0 Å². The van der Waals surface area contributed by atoms with Gasteiger partial charge in [-0.05, 0) is 44.6 Å². The van der Waals surface area contributed by atoms with E-state index in [1.807, 2.05) is 19.9 Å². The van der Waals surface area contributed by atoms with E-state index < -0.39 is 18.2 Å². The smallest absolute Gasteiger partial charge is 0.340 e. The van der Waals surface area contributed by atoms with Gasteiger partial charge in [0, 0.05) is 13.0 Å². The van der Waals surface area contributed by atoms with Gasteiger partial charge in [-0.3, -0.25) is 4.79 Å². The Hall–Kier alpha value is -1.98. The van der Waals surface area contributed by atoms with E-state index >= 15 is 0 Å². The minimum absolute atomic E-state index is 0.189. The monoisotopic (exact) mass is 362 g/mol. The zero-order valence-electron chi connectivity index (χ0n) is 15.9. The van der Waals surface area contributed by atoms with Crippen LogP contribution in [0.25, 0.3) is 0 Å². The molecule has 0 aliphatic carbocycles. The molecule has 0 heterocycles. The van der Waals surface area contributed by atoms with Crippen LogP contribution in [0.5, 0.6) is 0 Å². The summed E-state index contributed by atoms with van der Waals surface area (Å²) in [6.07, 6.45) is 2.67. The van der Waals surface area contributed by atoms with Crippen LogP contribution in [-0.4, -0.2) is 34.7 Å². The van der Waals surface area contributed by atoms with Crippen LogP contribution in [0, 0.1) is 5.92 Å². The van der Waals surface area contributed by atoms with Crippen molar-refractivity contribution in [1.82, 2.24) is 0 Å². The van der Waals surface area contributed by atoms with Gasteiger partial charge < -0.3 is 14.9 Å². The van der Waals surface area contributed by atoms with Gasteiger partial charge in [0.1, 0.15) is 0 Å². The molecule has 0 spiro atoms. The first-order valence-corrected chi connectivity index (χ1v) is 9.05. The minimum atomic E-state index is -1.40. The Morgan fingerprint density at radius 3 is 2.42 bits per heavy atom. The van der Waals surface area contributed by atoms with E-state index in [1.54, 1.807) is 30.3 Å². The van der Waals surface area contributed by atoms with Crippen LogP contribution in [0.2, 0.25) is 0 Å². The number of ketones is 1. The number of allylic oxidation sites excluding steroid dienone is 1. The second-order valence-corrected chi connectivity index (χ2v) is 6.82. The minimum Gasteiger partial charge on any atom is -0.452 e. The summed E-state index contributed by atoms with van der Waals surface area (Å²) in [6, 6.07) is 8.49. The molecule has 3 atom stereocenters. The Bertz CT molecular complexity index is 594. The molecule has 0 fully saturated rings. The van der Waals surface area contributed by atoms with Crippen molar-refractivity contribution in [2.75, 3.05) is 6.61 Å². The predicted molar refractivity (Wildman–Crippen MR) is 100 cm³/mol. The van der Waals surface area contributed by atoms with E-state index in [0.29, 0.717) is 12.0 Å². The molecule has 0 radical (unpaired) electrons. The summed E-state index contributed by atoms with van der Waals surface area (Å²) in [7, 11) is 0. The van der Waals surface area contributed by atoms with Crippen molar-refractivity contribution in [1.29, 1.82) is 0 Å². The van der Waals surface area contributed by atoms with Crippen molar-refractivity contribution in [2.24, 2.45) is 5.92 Å². The van der Waals surface area contributed by atoms with E-state index in [-0.39, 0.29) is 18.3 Å². The molecule has 1 rings (SSSR count). The first-order valence-electron chi connectivity index (χ1n) is 9.05. The molecule has 0 saturated heterocycles. The lowest BCUT2D eigenvalue weighted by molar-refractivity contribution is -0.163. The lowest BCUT2D eigenvalue weighted by Gasteiger charge is -2.17. The fourth-order valence-corrected chi connectivity index (χ4v) is 2.50. The highest BCUT2D eigenvalue weighted by molar-refractivity contribution is 5.85. The molecule has 5 heteroatoms. The Kier molecular flexibility index (Phi) is 9.84. The van der Waals surface area contributed by atoms with E-state index in [2.05, 4.69) is 0 Å². The molecular weight excluding hydrogens is 332 g/mol. The number of carbonyl (C=O) groups excluding carboxylic acids is 2. The van der Waals surface area contributed by atoms with Crippen LogP contribution in [0.1, 0.15) is 58.1 Å². The van der Waals surface area contributed by atoms with E-state index in [9.17, 15) is 14.7 Å². The third-order valence-corrected chi connectivity index (χ3v) is 4.31. The molecule has 0 unspecified atom stereocenters. The normalized spacial score (nSPS) is 15.2. The SMILES string of the molecule is CC(=O)[C@H](C/C=C(/C)CCC[C@H](C)CO)OC(=O)[C@H](O)c1ccccc1. The number of Topliss-reactive ketones (excluding diaryl/α,β-unsaturated/α-hetero) is 1. The van der Waals surface area contributed by atoms with Gasteiger partial charge in [0.25, 0.3) is 0 Å². The van der Waals surface area contributed by atoms with Gasteiger partial charge >= 0.3 is 5.97 Å². The van der Waals surface area contributed by atoms with Crippen LogP contribution < -0.4 is 0 Å². The predicted octanol–water partition coefficient (Wildman–Crippen LogP) is 3.36. The van der Waals surface area contributed by atoms with Crippen LogP contribution in [0.4, 0.5) is 0 Å². The first kappa shape index (κ1) is 22.1. The van der Waals surface area contributed by atoms with Crippen LogP contribution in [-0.2, 0) is 14.3 Å². The number of rotatable bonds is 11. The maximum atomic E-state index is 12.1. The number of ether oxygens (including phenoxy) is 1. The molecule has 1 aromatic carbocycles. The van der Waals surface area contributed by atoms with Crippen molar-refractivity contribution in [3.05, 3.63) is 47.5 Å². The van der Waals surface area contributed by atoms with Crippen LogP contribution in [0.15, 0.2) is 42.0 Å². The lowest BCUT2D eigenvalue weighted by atomic mass is 10.0. The summed E-state index contributed by atoms with van der Waals surface area (Å²) in [6.45, 7) is 5.54. The number of aliphatic hydroxyl groups is 2. The maximum absolute atomic E-state index is 12.1. The van der Waals surface area contributed by atoms with Gasteiger partial charge in [-0.25, -0.2) is 4.79 Å². The molecule has 5 nitrogen and oxygen atoms in total. The number of hydrogen-bond acceptors (Lipinski definition) is 5. The molecule has 0 amide bonds. The van der Waals surface area contributed by atoms with E-state index in [1.165, 1.54) is 6.92 Å². The first-order chi connectivity index (χ1) is 12.3. The van der Waals surface area contributed by atoms with Gasteiger partial charge in [-0.1, -0.05) is 48.9 Å². The lowest BCUT2D eigenvalue weighted by Crippen LogP contribution is -2.28. The molecule has 1 aromatic rings. The highest BCUT2D eigenvalue weighted by Gasteiger charge is 2.24. The number of hydrogen-bond donors (Lipinski definition) is 2. The summed E-state index contributed by atoms with van der Waals surface area (Å²) in [4.78, 5) is 23.9. The number of esters is 1.